The van der Waals surface area contributed by atoms with Crippen molar-refractivity contribution >= 4 is 23.5 Å². The van der Waals surface area contributed by atoms with Crippen LogP contribution in [0.15, 0.2) is 0 Å². The van der Waals surface area contributed by atoms with Gasteiger partial charge in [0, 0.05) is 29.4 Å². The number of aliphatic hydroxyl groups is 2. The van der Waals surface area contributed by atoms with E-state index in [1.54, 1.807) is 11.8 Å². The number of carbonyl (C=O) groups is 2. The molecular formula is C22H32O6S. The van der Waals surface area contributed by atoms with Crippen LogP contribution in [0.25, 0.3) is 0 Å². The van der Waals surface area contributed by atoms with Gasteiger partial charge in [0.1, 0.15) is 11.5 Å². The third-order valence-electron chi connectivity index (χ3n) is 9.18. The van der Waals surface area contributed by atoms with Gasteiger partial charge >= 0.3 is 5.97 Å². The van der Waals surface area contributed by atoms with Crippen LogP contribution in [0.2, 0.25) is 0 Å². The maximum atomic E-state index is 13.8. The zero-order valence-electron chi connectivity index (χ0n) is 17.4. The molecular weight excluding hydrogens is 392 g/mol. The monoisotopic (exact) mass is 424 g/mol. The molecule has 2 N–H and O–H groups in total. The maximum absolute atomic E-state index is 13.8. The van der Waals surface area contributed by atoms with Crippen molar-refractivity contribution in [3.63, 3.8) is 0 Å². The number of aliphatic hydroxyl groups excluding tert-OH is 2. The molecule has 0 amide bonds. The molecule has 2 aliphatic heterocycles. The van der Waals surface area contributed by atoms with Gasteiger partial charge in [-0.25, -0.2) is 0 Å². The molecule has 5 rings (SSSR count). The summed E-state index contributed by atoms with van der Waals surface area (Å²) in [7, 11) is 0. The smallest absolute Gasteiger partial charge is 0.320 e. The van der Waals surface area contributed by atoms with Gasteiger partial charge in [-0.3, -0.25) is 9.59 Å². The van der Waals surface area contributed by atoms with Gasteiger partial charge < -0.3 is 19.7 Å². The first-order valence-electron chi connectivity index (χ1n) is 11.0. The van der Waals surface area contributed by atoms with Gasteiger partial charge in [-0.05, 0) is 42.3 Å². The summed E-state index contributed by atoms with van der Waals surface area (Å²) in [5.74, 6) is 1.01. The molecule has 0 unspecified atom stereocenters. The molecule has 2 spiro atoms. The normalized spacial score (nSPS) is 52.5. The SMILES string of the molecule is CCSC[C@H]1C(=O)[C@]23C[C@H]1CC[C@H]2[C@@]12CO[C@@H](O)[C@@H]1C(C)(C)[C@@H](O)C[C@@H]2OC3=O. The van der Waals surface area contributed by atoms with Crippen molar-refractivity contribution in [3.05, 3.63) is 0 Å². The Bertz CT molecular complexity index is 739. The summed E-state index contributed by atoms with van der Waals surface area (Å²) < 4.78 is 11.8. The molecule has 2 saturated heterocycles. The molecule has 0 aromatic carbocycles. The molecule has 7 heteroatoms. The van der Waals surface area contributed by atoms with Crippen molar-refractivity contribution < 1.29 is 29.3 Å². The first-order chi connectivity index (χ1) is 13.7. The molecule has 29 heavy (non-hydrogen) atoms. The molecule has 3 saturated carbocycles. The molecule has 6 nitrogen and oxygen atoms in total. The van der Waals surface area contributed by atoms with Gasteiger partial charge in [-0.15, -0.1) is 0 Å². The van der Waals surface area contributed by atoms with Crippen LogP contribution in [-0.2, 0) is 19.1 Å². The van der Waals surface area contributed by atoms with Crippen LogP contribution in [0.5, 0.6) is 0 Å². The van der Waals surface area contributed by atoms with Gasteiger partial charge in [-0.2, -0.15) is 11.8 Å². The Morgan fingerprint density at radius 2 is 1.97 bits per heavy atom. The van der Waals surface area contributed by atoms with E-state index in [2.05, 4.69) is 6.92 Å². The lowest BCUT2D eigenvalue weighted by atomic mass is 9.43. The van der Waals surface area contributed by atoms with Crippen LogP contribution in [-0.4, -0.2) is 58.6 Å². The number of ether oxygens (including phenoxy) is 2. The zero-order valence-corrected chi connectivity index (χ0v) is 18.2. The van der Waals surface area contributed by atoms with Gasteiger partial charge in [0.15, 0.2) is 12.1 Å². The Kier molecular flexibility index (Phi) is 4.50. The predicted octanol–water partition coefficient (Wildman–Crippen LogP) is 2.01. The van der Waals surface area contributed by atoms with Crippen LogP contribution in [0.3, 0.4) is 0 Å². The third kappa shape index (κ3) is 2.31. The molecule has 9 atom stereocenters. The van der Waals surface area contributed by atoms with E-state index in [1.807, 2.05) is 13.8 Å². The average molecular weight is 425 g/mol. The second-order valence-electron chi connectivity index (χ2n) is 10.5. The van der Waals surface area contributed by atoms with Crippen molar-refractivity contribution in [1.82, 2.24) is 0 Å². The number of carbonyl (C=O) groups excluding carboxylic acids is 2. The van der Waals surface area contributed by atoms with Crippen molar-refractivity contribution in [2.24, 2.45) is 39.9 Å². The number of ketones is 1. The highest BCUT2D eigenvalue weighted by atomic mass is 32.2. The van der Waals surface area contributed by atoms with Crippen molar-refractivity contribution in [1.29, 1.82) is 0 Å². The van der Waals surface area contributed by atoms with Crippen LogP contribution >= 0.6 is 11.8 Å². The summed E-state index contributed by atoms with van der Waals surface area (Å²) in [5, 5.41) is 21.6. The fourth-order valence-corrected chi connectivity index (χ4v) is 8.77. The summed E-state index contributed by atoms with van der Waals surface area (Å²) in [4.78, 5) is 27.2. The number of esters is 1. The highest BCUT2D eigenvalue weighted by molar-refractivity contribution is 7.99. The van der Waals surface area contributed by atoms with E-state index >= 15 is 0 Å². The van der Waals surface area contributed by atoms with E-state index in [4.69, 9.17) is 9.47 Å². The summed E-state index contributed by atoms with van der Waals surface area (Å²) in [6, 6.07) is 0. The molecule has 5 fully saturated rings. The van der Waals surface area contributed by atoms with Crippen molar-refractivity contribution in [2.45, 2.75) is 65.0 Å². The zero-order chi connectivity index (χ0) is 20.8. The van der Waals surface area contributed by atoms with Gasteiger partial charge in [0.2, 0.25) is 0 Å². The molecule has 0 aromatic rings. The highest BCUT2D eigenvalue weighted by Gasteiger charge is 2.78. The highest BCUT2D eigenvalue weighted by Crippen LogP contribution is 2.71. The summed E-state index contributed by atoms with van der Waals surface area (Å²) in [5.41, 5.74) is -2.29. The number of rotatable bonds is 3. The fourth-order valence-electron chi connectivity index (χ4n) is 7.86. The quantitative estimate of drug-likeness (QED) is 0.529. The summed E-state index contributed by atoms with van der Waals surface area (Å²) in [6.07, 6.45) is 0.401. The fraction of sp³-hybridized carbons (Fsp3) is 0.909. The minimum absolute atomic E-state index is 0.0628. The van der Waals surface area contributed by atoms with Gasteiger partial charge in [-0.1, -0.05) is 20.8 Å². The Balaban J connectivity index is 1.62. The van der Waals surface area contributed by atoms with Crippen LogP contribution in [0.1, 0.15) is 46.5 Å². The number of thioether (sulfide) groups is 1. The topological polar surface area (TPSA) is 93.1 Å². The number of hydrogen-bond donors (Lipinski definition) is 2. The molecule has 5 aliphatic rings. The van der Waals surface area contributed by atoms with Crippen LogP contribution < -0.4 is 0 Å². The number of hydrogen-bond acceptors (Lipinski definition) is 7. The van der Waals surface area contributed by atoms with Crippen LogP contribution in [0.4, 0.5) is 0 Å². The molecule has 162 valence electrons. The van der Waals surface area contributed by atoms with E-state index < -0.39 is 34.7 Å². The second-order valence-corrected chi connectivity index (χ2v) is 11.8. The van der Waals surface area contributed by atoms with E-state index in [0.717, 1.165) is 24.3 Å². The second kappa shape index (κ2) is 6.44. The Morgan fingerprint density at radius 1 is 1.21 bits per heavy atom. The van der Waals surface area contributed by atoms with Gasteiger partial charge in [0.05, 0.1) is 12.7 Å². The molecule has 2 bridgehead atoms. The molecule has 0 aromatic heterocycles. The Morgan fingerprint density at radius 3 is 2.69 bits per heavy atom. The minimum Gasteiger partial charge on any atom is -0.461 e. The van der Waals surface area contributed by atoms with E-state index in [-0.39, 0.29) is 42.0 Å². The third-order valence-corrected chi connectivity index (χ3v) is 10.2. The average Bonchev–Trinajstić information content (AvgIpc) is 3.13. The standard InChI is InChI=1S/C22H32O6S/c1-4-29-9-12-11-5-6-13-21(8-11,17(12)24)19(26)28-15-7-14(23)20(2,3)16-18(25)27-10-22(13,15)16/h11-16,18,23,25H,4-10H2,1-3H3/t11-,12-,13-,14+,15+,16-,18-,21+,22-/m1/s1. The number of Topliss-reactive ketones (excluding diaryl/α,β-unsaturated/α-hetero) is 1. The predicted molar refractivity (Wildman–Crippen MR) is 107 cm³/mol. The Labute approximate surface area is 176 Å². The molecule has 0 radical (unpaired) electrons. The minimum atomic E-state index is -1.09. The van der Waals surface area contributed by atoms with Crippen molar-refractivity contribution in [2.75, 3.05) is 18.1 Å². The summed E-state index contributed by atoms with van der Waals surface area (Å²) in [6.45, 7) is 6.30. The van der Waals surface area contributed by atoms with E-state index in [0.29, 0.717) is 12.8 Å². The summed E-state index contributed by atoms with van der Waals surface area (Å²) >= 11 is 1.77. The van der Waals surface area contributed by atoms with Crippen molar-refractivity contribution in [3.8, 4) is 0 Å². The number of fused-ring (bicyclic) bond motifs is 1. The first-order valence-corrected chi connectivity index (χ1v) is 12.2. The lowest BCUT2D eigenvalue weighted by molar-refractivity contribution is -0.253. The first kappa shape index (κ1) is 20.3. The largest absolute Gasteiger partial charge is 0.461 e. The van der Waals surface area contributed by atoms with Crippen LogP contribution in [0, 0.1) is 39.9 Å². The molecule has 2 heterocycles. The Hall–Kier alpha value is -0.630. The maximum Gasteiger partial charge on any atom is 0.320 e. The lowest BCUT2D eigenvalue weighted by Gasteiger charge is -2.62. The van der Waals surface area contributed by atoms with E-state index in [9.17, 15) is 19.8 Å². The molecule has 3 aliphatic carbocycles. The lowest BCUT2D eigenvalue weighted by Crippen LogP contribution is -2.70. The van der Waals surface area contributed by atoms with Gasteiger partial charge in [0.25, 0.3) is 0 Å². The van der Waals surface area contributed by atoms with E-state index in [1.165, 1.54) is 0 Å².